The van der Waals surface area contributed by atoms with Crippen molar-refractivity contribution in [3.63, 3.8) is 0 Å². The number of aromatic nitrogens is 4. The van der Waals surface area contributed by atoms with Crippen molar-refractivity contribution < 1.29 is 5.11 Å². The summed E-state index contributed by atoms with van der Waals surface area (Å²) in [4.78, 5) is 8.13. The van der Waals surface area contributed by atoms with E-state index in [1.807, 2.05) is 29.1 Å². The lowest BCUT2D eigenvalue weighted by Gasteiger charge is -2.25. The first-order valence-corrected chi connectivity index (χ1v) is 8.64. The van der Waals surface area contributed by atoms with Crippen molar-refractivity contribution in [1.82, 2.24) is 19.7 Å². The van der Waals surface area contributed by atoms with E-state index >= 15 is 0 Å². The van der Waals surface area contributed by atoms with Gasteiger partial charge in [0.05, 0.1) is 13.2 Å². The molecule has 0 unspecified atom stereocenters. The fourth-order valence-corrected chi connectivity index (χ4v) is 3.66. The molecule has 1 aliphatic carbocycles. The lowest BCUT2D eigenvalue weighted by Crippen LogP contribution is -2.27. The predicted octanol–water partition coefficient (Wildman–Crippen LogP) is 2.83. The van der Waals surface area contributed by atoms with E-state index in [-0.39, 0.29) is 19.0 Å². The molecular weight excluding hydrogens is 338 g/mol. The molecule has 1 saturated carbocycles. The summed E-state index contributed by atoms with van der Waals surface area (Å²) >= 11 is 0. The number of nitrogens with zero attached hydrogens (tertiary/aromatic N) is 3. The summed E-state index contributed by atoms with van der Waals surface area (Å²) in [7, 11) is 0. The van der Waals surface area contributed by atoms with Gasteiger partial charge in [-0.2, -0.15) is 5.10 Å². The number of fused-ring (bicyclic) bond motifs is 1. The van der Waals surface area contributed by atoms with Gasteiger partial charge in [0.2, 0.25) is 0 Å². The van der Waals surface area contributed by atoms with Gasteiger partial charge < -0.3 is 15.8 Å². The van der Waals surface area contributed by atoms with E-state index in [0.717, 1.165) is 53.8 Å². The lowest BCUT2D eigenvalue weighted by molar-refractivity contribution is 0.262. The Bertz CT molecular complexity index is 835. The van der Waals surface area contributed by atoms with E-state index in [2.05, 4.69) is 16.1 Å². The molecule has 4 rings (SSSR count). The molecule has 2 heterocycles. The molecule has 0 aliphatic heterocycles. The lowest BCUT2D eigenvalue weighted by atomic mass is 9.86. The molecule has 1 aromatic carbocycles. The Hall–Kier alpha value is -1.89. The molecule has 0 saturated heterocycles. The minimum atomic E-state index is 0. The number of hydrogen-bond donors (Lipinski definition) is 3. The Morgan fingerprint density at radius 3 is 2.72 bits per heavy atom. The van der Waals surface area contributed by atoms with Crippen LogP contribution in [0.4, 0.5) is 0 Å². The first-order valence-electron chi connectivity index (χ1n) is 8.64. The maximum atomic E-state index is 9.38. The fourth-order valence-electron chi connectivity index (χ4n) is 3.66. The third-order valence-electron chi connectivity index (χ3n) is 4.98. The number of hydrogen-bond acceptors (Lipinski definition) is 4. The van der Waals surface area contributed by atoms with Gasteiger partial charge in [-0.05, 0) is 31.7 Å². The highest BCUT2D eigenvalue weighted by Gasteiger charge is 2.26. The zero-order valence-electron chi connectivity index (χ0n) is 14.1. The molecule has 2 aromatic heterocycles. The quantitative estimate of drug-likeness (QED) is 0.666. The second kappa shape index (κ2) is 7.56. The number of nitrogens with one attached hydrogen (secondary N) is 1. The Balaban J connectivity index is 0.00000182. The molecule has 7 heteroatoms. The number of H-pyrrole nitrogens is 1. The molecule has 25 heavy (non-hydrogen) atoms. The number of aromatic amines is 1. The summed E-state index contributed by atoms with van der Waals surface area (Å²) < 4.78 is 1.87. The van der Waals surface area contributed by atoms with Crippen LogP contribution in [-0.2, 0) is 6.54 Å². The van der Waals surface area contributed by atoms with Gasteiger partial charge in [0.15, 0.2) is 5.82 Å². The second-order valence-electron chi connectivity index (χ2n) is 6.60. The molecular formula is C18H24ClN5O. The van der Waals surface area contributed by atoms with Crippen molar-refractivity contribution in [3.8, 4) is 11.4 Å². The third-order valence-corrected chi connectivity index (χ3v) is 4.98. The van der Waals surface area contributed by atoms with Gasteiger partial charge in [-0.3, -0.25) is 0 Å². The van der Waals surface area contributed by atoms with Crippen LogP contribution in [0.15, 0.2) is 30.5 Å². The summed E-state index contributed by atoms with van der Waals surface area (Å²) in [6, 6.07) is 8.47. The standard InChI is InChI=1S/C18H23N5O.ClH/c19-13-7-5-12(6-8-13)18-21-17(22-23(18)9-10-24)15-11-20-16-4-2-1-3-14(15)16;/h1-4,11-13,20,24H,5-10,19H2;1H. The van der Waals surface area contributed by atoms with Gasteiger partial charge in [-0.1, -0.05) is 18.2 Å². The van der Waals surface area contributed by atoms with E-state index in [4.69, 9.17) is 10.7 Å². The summed E-state index contributed by atoms with van der Waals surface area (Å²) in [5.41, 5.74) is 8.12. The smallest absolute Gasteiger partial charge is 0.183 e. The van der Waals surface area contributed by atoms with Crippen LogP contribution in [-0.4, -0.2) is 37.5 Å². The van der Waals surface area contributed by atoms with Gasteiger partial charge in [0.25, 0.3) is 0 Å². The van der Waals surface area contributed by atoms with Crippen LogP contribution in [0.1, 0.15) is 37.4 Å². The fraction of sp³-hybridized carbons (Fsp3) is 0.444. The minimum Gasteiger partial charge on any atom is -0.394 e. The molecule has 1 aliphatic rings. The number of nitrogens with two attached hydrogens (primary N) is 1. The number of aliphatic hydroxyl groups is 1. The average Bonchev–Trinajstić information content (AvgIpc) is 3.20. The maximum Gasteiger partial charge on any atom is 0.183 e. The summed E-state index contributed by atoms with van der Waals surface area (Å²) in [5, 5.41) is 15.2. The average molecular weight is 362 g/mol. The van der Waals surface area contributed by atoms with Crippen LogP contribution in [0.5, 0.6) is 0 Å². The van der Waals surface area contributed by atoms with Crippen LogP contribution >= 0.6 is 12.4 Å². The molecule has 4 N–H and O–H groups in total. The molecule has 0 bridgehead atoms. The van der Waals surface area contributed by atoms with Gasteiger partial charge >= 0.3 is 0 Å². The first kappa shape index (κ1) is 17.9. The van der Waals surface area contributed by atoms with E-state index in [9.17, 15) is 5.11 Å². The third kappa shape index (κ3) is 3.42. The monoisotopic (exact) mass is 361 g/mol. The number of para-hydroxylation sites is 1. The van der Waals surface area contributed by atoms with E-state index < -0.39 is 0 Å². The number of halogens is 1. The number of rotatable bonds is 4. The summed E-state index contributed by atoms with van der Waals surface area (Å²) in [5.74, 6) is 2.09. The van der Waals surface area contributed by atoms with Crippen molar-refractivity contribution in [2.45, 2.75) is 44.2 Å². The zero-order chi connectivity index (χ0) is 16.5. The second-order valence-corrected chi connectivity index (χ2v) is 6.60. The summed E-state index contributed by atoms with van der Waals surface area (Å²) in [6.07, 6.45) is 6.10. The van der Waals surface area contributed by atoms with Gasteiger partial charge in [0.1, 0.15) is 5.82 Å². The zero-order valence-corrected chi connectivity index (χ0v) is 14.9. The molecule has 134 valence electrons. The van der Waals surface area contributed by atoms with Crippen LogP contribution < -0.4 is 5.73 Å². The topological polar surface area (TPSA) is 92.8 Å². The maximum absolute atomic E-state index is 9.38. The highest BCUT2D eigenvalue weighted by molar-refractivity contribution is 5.93. The predicted molar refractivity (Wildman–Crippen MR) is 101 cm³/mol. The molecule has 0 atom stereocenters. The molecule has 0 amide bonds. The van der Waals surface area contributed by atoms with Crippen molar-refractivity contribution in [3.05, 3.63) is 36.3 Å². The van der Waals surface area contributed by atoms with Gasteiger partial charge in [-0.15, -0.1) is 12.4 Å². The van der Waals surface area contributed by atoms with Gasteiger partial charge in [-0.25, -0.2) is 9.67 Å². The van der Waals surface area contributed by atoms with E-state index in [1.54, 1.807) is 0 Å². The van der Waals surface area contributed by atoms with Gasteiger partial charge in [0, 0.05) is 34.6 Å². The van der Waals surface area contributed by atoms with Crippen LogP contribution in [0.2, 0.25) is 0 Å². The molecule has 0 spiro atoms. The Morgan fingerprint density at radius 2 is 1.96 bits per heavy atom. The SMILES string of the molecule is Cl.NC1CCC(c2nc(-c3c[nH]c4ccccc34)nn2CCO)CC1. The van der Waals surface area contributed by atoms with Crippen LogP contribution in [0, 0.1) is 0 Å². The summed E-state index contributed by atoms with van der Waals surface area (Å²) in [6.45, 7) is 0.545. The van der Waals surface area contributed by atoms with Crippen LogP contribution in [0.3, 0.4) is 0 Å². The largest absolute Gasteiger partial charge is 0.394 e. The van der Waals surface area contributed by atoms with Crippen LogP contribution in [0.25, 0.3) is 22.3 Å². The first-order chi connectivity index (χ1) is 11.8. The highest BCUT2D eigenvalue weighted by Crippen LogP contribution is 2.33. The highest BCUT2D eigenvalue weighted by atomic mass is 35.5. The number of aliphatic hydroxyl groups excluding tert-OH is 1. The Morgan fingerprint density at radius 1 is 1.20 bits per heavy atom. The molecule has 1 fully saturated rings. The minimum absolute atomic E-state index is 0. The van der Waals surface area contributed by atoms with Crippen molar-refractivity contribution in [1.29, 1.82) is 0 Å². The molecule has 3 aromatic rings. The van der Waals surface area contributed by atoms with E-state index in [0.29, 0.717) is 18.5 Å². The Kier molecular flexibility index (Phi) is 5.42. The van der Waals surface area contributed by atoms with Crippen molar-refractivity contribution in [2.75, 3.05) is 6.61 Å². The molecule has 6 nitrogen and oxygen atoms in total. The Labute approximate surface area is 152 Å². The molecule has 0 radical (unpaired) electrons. The number of benzene rings is 1. The normalized spacial score (nSPS) is 20.6. The van der Waals surface area contributed by atoms with Crippen molar-refractivity contribution >= 4 is 23.3 Å². The van der Waals surface area contributed by atoms with E-state index in [1.165, 1.54) is 0 Å². The van der Waals surface area contributed by atoms with Crippen molar-refractivity contribution in [2.24, 2.45) is 5.73 Å².